The summed E-state index contributed by atoms with van der Waals surface area (Å²) in [5.41, 5.74) is -0.269. The second-order valence-corrected chi connectivity index (χ2v) is 4.40. The van der Waals surface area contributed by atoms with Crippen molar-refractivity contribution >= 4 is 11.9 Å². The number of carbonyl (C=O) groups is 1. The summed E-state index contributed by atoms with van der Waals surface area (Å²) in [4.78, 5) is 28.7. The summed E-state index contributed by atoms with van der Waals surface area (Å²) >= 11 is 0. The molecule has 0 saturated heterocycles. The van der Waals surface area contributed by atoms with E-state index in [1.165, 1.54) is 0 Å². The highest BCUT2D eigenvalue weighted by atomic mass is 16.4. The van der Waals surface area contributed by atoms with Crippen molar-refractivity contribution in [3.63, 3.8) is 0 Å². The molecule has 9 nitrogen and oxygen atoms in total. The van der Waals surface area contributed by atoms with Crippen molar-refractivity contribution in [1.29, 1.82) is 0 Å². The second kappa shape index (κ2) is 6.13. The van der Waals surface area contributed by atoms with Crippen molar-refractivity contribution < 1.29 is 15.0 Å². The SMILES string of the molecule is O=C(O)Cn1c(O)c(CCCNC2=NCCN2)[nH]c1=O. The number of rotatable bonds is 6. The predicted octanol–water partition coefficient (Wildman–Crippen LogP) is -1.55. The molecule has 0 saturated carbocycles. The van der Waals surface area contributed by atoms with Gasteiger partial charge in [0.05, 0.1) is 12.2 Å². The number of aliphatic imine (C=N–C) groups is 1. The number of H-pyrrole nitrogens is 1. The first kappa shape index (κ1) is 14.0. The highest BCUT2D eigenvalue weighted by Gasteiger charge is 2.14. The molecule has 9 heteroatoms. The Morgan fingerprint density at radius 3 is 2.95 bits per heavy atom. The summed E-state index contributed by atoms with van der Waals surface area (Å²) in [5.74, 6) is -0.736. The van der Waals surface area contributed by atoms with Gasteiger partial charge >= 0.3 is 11.7 Å². The van der Waals surface area contributed by atoms with Gasteiger partial charge in [-0.05, 0) is 12.8 Å². The molecule has 0 radical (unpaired) electrons. The van der Waals surface area contributed by atoms with Crippen LogP contribution in [0.3, 0.4) is 0 Å². The van der Waals surface area contributed by atoms with Gasteiger partial charge in [0.1, 0.15) is 6.54 Å². The zero-order valence-corrected chi connectivity index (χ0v) is 10.8. The minimum Gasteiger partial charge on any atom is -0.493 e. The molecule has 20 heavy (non-hydrogen) atoms. The van der Waals surface area contributed by atoms with E-state index in [0.29, 0.717) is 25.1 Å². The molecule has 1 aromatic rings. The molecule has 2 heterocycles. The Bertz CT molecular complexity index is 574. The van der Waals surface area contributed by atoms with E-state index in [9.17, 15) is 14.7 Å². The van der Waals surface area contributed by atoms with Crippen LogP contribution in [0.2, 0.25) is 0 Å². The molecular formula is C11H17N5O4. The Balaban J connectivity index is 1.86. The van der Waals surface area contributed by atoms with Gasteiger partial charge < -0.3 is 25.8 Å². The van der Waals surface area contributed by atoms with Crippen LogP contribution < -0.4 is 16.3 Å². The summed E-state index contributed by atoms with van der Waals surface area (Å²) in [5, 5.41) is 24.6. The highest BCUT2D eigenvalue weighted by molar-refractivity contribution is 5.81. The fraction of sp³-hybridized carbons (Fsp3) is 0.545. The predicted molar refractivity (Wildman–Crippen MR) is 71.0 cm³/mol. The van der Waals surface area contributed by atoms with E-state index in [0.717, 1.165) is 23.6 Å². The first-order chi connectivity index (χ1) is 9.58. The minimum absolute atomic E-state index is 0.311. The molecule has 0 atom stereocenters. The summed E-state index contributed by atoms with van der Waals surface area (Å²) < 4.78 is 0.799. The lowest BCUT2D eigenvalue weighted by Gasteiger charge is -2.05. The second-order valence-electron chi connectivity index (χ2n) is 4.40. The molecule has 0 unspecified atom stereocenters. The van der Waals surface area contributed by atoms with Crippen LogP contribution in [0.5, 0.6) is 5.88 Å². The molecule has 0 spiro atoms. The number of hydrogen-bond acceptors (Lipinski definition) is 6. The van der Waals surface area contributed by atoms with Crippen molar-refractivity contribution in [2.75, 3.05) is 19.6 Å². The fourth-order valence-corrected chi connectivity index (χ4v) is 1.96. The van der Waals surface area contributed by atoms with Crippen LogP contribution in [0.1, 0.15) is 12.1 Å². The highest BCUT2D eigenvalue weighted by Crippen LogP contribution is 2.13. The number of hydrogen-bond donors (Lipinski definition) is 5. The molecular weight excluding hydrogens is 266 g/mol. The Morgan fingerprint density at radius 1 is 1.50 bits per heavy atom. The molecule has 1 aliphatic heterocycles. The number of aliphatic carboxylic acids is 1. The fourth-order valence-electron chi connectivity index (χ4n) is 1.96. The van der Waals surface area contributed by atoms with E-state index in [2.05, 4.69) is 20.6 Å². The normalized spacial score (nSPS) is 13.9. The van der Waals surface area contributed by atoms with Crippen molar-refractivity contribution in [2.24, 2.45) is 4.99 Å². The third kappa shape index (κ3) is 3.31. The van der Waals surface area contributed by atoms with Crippen molar-refractivity contribution in [3.8, 4) is 5.88 Å². The van der Waals surface area contributed by atoms with E-state index in [1.807, 2.05) is 0 Å². The van der Waals surface area contributed by atoms with Crippen LogP contribution in [0.4, 0.5) is 0 Å². The molecule has 0 aromatic carbocycles. The van der Waals surface area contributed by atoms with Crippen LogP contribution in [0, 0.1) is 0 Å². The van der Waals surface area contributed by atoms with E-state index in [1.54, 1.807) is 0 Å². The maximum atomic E-state index is 11.5. The number of nitrogens with zero attached hydrogens (tertiary/aromatic N) is 2. The standard InChI is InChI=1S/C11H17N5O4/c17-8(18)6-16-9(19)7(15-11(16)20)2-1-3-12-10-13-4-5-14-10/h19H,1-6H2,(H,15,20)(H,17,18)(H2,12,13,14). The largest absolute Gasteiger partial charge is 0.493 e. The summed E-state index contributed by atoms with van der Waals surface area (Å²) in [6.45, 7) is 1.67. The number of aromatic hydroxyl groups is 1. The number of aromatic nitrogens is 2. The number of imidazole rings is 1. The average Bonchev–Trinajstić information content (AvgIpc) is 2.98. The first-order valence-electron chi connectivity index (χ1n) is 6.32. The van der Waals surface area contributed by atoms with Gasteiger partial charge in [-0.15, -0.1) is 0 Å². The molecule has 0 amide bonds. The Morgan fingerprint density at radius 2 is 2.30 bits per heavy atom. The average molecular weight is 283 g/mol. The Labute approximate surface area is 114 Å². The van der Waals surface area contributed by atoms with Crippen LogP contribution in [0.15, 0.2) is 9.79 Å². The topological polar surface area (TPSA) is 132 Å². The quantitative estimate of drug-likeness (QED) is 0.401. The van der Waals surface area contributed by atoms with Crippen LogP contribution in [0.25, 0.3) is 0 Å². The minimum atomic E-state index is -1.18. The number of carboxylic acid groups (broad SMARTS) is 1. The van der Waals surface area contributed by atoms with Crippen LogP contribution in [-0.4, -0.2) is 51.3 Å². The smallest absolute Gasteiger partial charge is 0.329 e. The molecule has 2 rings (SSSR count). The maximum Gasteiger partial charge on any atom is 0.329 e. The Hall–Kier alpha value is -2.45. The number of aryl methyl sites for hydroxylation is 1. The van der Waals surface area contributed by atoms with Crippen LogP contribution >= 0.6 is 0 Å². The van der Waals surface area contributed by atoms with Crippen molar-refractivity contribution in [1.82, 2.24) is 20.2 Å². The third-order valence-electron chi connectivity index (χ3n) is 2.89. The Kier molecular flexibility index (Phi) is 4.28. The molecule has 1 aromatic heterocycles. The van der Waals surface area contributed by atoms with Gasteiger partial charge in [-0.25, -0.2) is 4.79 Å². The van der Waals surface area contributed by atoms with Gasteiger partial charge in [0, 0.05) is 13.1 Å². The van der Waals surface area contributed by atoms with E-state index >= 15 is 0 Å². The van der Waals surface area contributed by atoms with Crippen molar-refractivity contribution in [3.05, 3.63) is 16.2 Å². The first-order valence-corrected chi connectivity index (χ1v) is 6.32. The van der Waals surface area contributed by atoms with Crippen LogP contribution in [-0.2, 0) is 17.8 Å². The third-order valence-corrected chi connectivity index (χ3v) is 2.89. The molecule has 110 valence electrons. The summed E-state index contributed by atoms with van der Waals surface area (Å²) in [6.07, 6.45) is 1.11. The maximum absolute atomic E-state index is 11.5. The van der Waals surface area contributed by atoms with Gasteiger partial charge in [-0.1, -0.05) is 0 Å². The molecule has 5 N–H and O–H groups in total. The van der Waals surface area contributed by atoms with Gasteiger partial charge in [-0.2, -0.15) is 0 Å². The number of aromatic amines is 1. The lowest BCUT2D eigenvalue weighted by molar-refractivity contribution is -0.137. The van der Waals surface area contributed by atoms with Gasteiger partial charge in [-0.3, -0.25) is 14.4 Å². The van der Waals surface area contributed by atoms with Gasteiger partial charge in [0.15, 0.2) is 5.96 Å². The van der Waals surface area contributed by atoms with Crippen molar-refractivity contribution in [2.45, 2.75) is 19.4 Å². The monoisotopic (exact) mass is 283 g/mol. The van der Waals surface area contributed by atoms with Gasteiger partial charge in [0.2, 0.25) is 5.88 Å². The number of guanidine groups is 1. The van der Waals surface area contributed by atoms with E-state index in [4.69, 9.17) is 5.11 Å². The lowest BCUT2D eigenvalue weighted by atomic mass is 10.2. The van der Waals surface area contributed by atoms with E-state index in [-0.39, 0.29) is 5.88 Å². The molecule has 0 bridgehead atoms. The summed E-state index contributed by atoms with van der Waals surface area (Å²) in [7, 11) is 0. The summed E-state index contributed by atoms with van der Waals surface area (Å²) in [6, 6.07) is 0. The molecule has 0 aliphatic carbocycles. The zero-order chi connectivity index (χ0) is 14.5. The number of carboxylic acids is 1. The van der Waals surface area contributed by atoms with Gasteiger partial charge in [0.25, 0.3) is 0 Å². The molecule has 1 aliphatic rings. The lowest BCUT2D eigenvalue weighted by Crippen LogP contribution is -2.34. The van der Waals surface area contributed by atoms with E-state index < -0.39 is 18.2 Å². The molecule has 0 fully saturated rings. The number of nitrogens with one attached hydrogen (secondary N) is 3. The zero-order valence-electron chi connectivity index (χ0n) is 10.8.